The molecule has 7 heteroatoms. The van der Waals surface area contributed by atoms with Gasteiger partial charge in [0.25, 0.3) is 11.6 Å². The van der Waals surface area contributed by atoms with Crippen molar-refractivity contribution in [2.24, 2.45) is 0 Å². The van der Waals surface area contributed by atoms with Crippen LogP contribution in [0, 0.1) is 25.1 Å². The predicted molar refractivity (Wildman–Crippen MR) is 130 cm³/mol. The number of aromatic nitrogens is 1. The molecule has 1 amide bonds. The van der Waals surface area contributed by atoms with Crippen LogP contribution in [-0.2, 0) is 6.54 Å². The Labute approximate surface area is 202 Å². The van der Waals surface area contributed by atoms with E-state index in [0.29, 0.717) is 17.1 Å². The van der Waals surface area contributed by atoms with E-state index < -0.39 is 0 Å². The first-order valence-corrected chi connectivity index (χ1v) is 11.2. The lowest BCUT2D eigenvalue weighted by molar-refractivity contribution is 0.0939. The van der Waals surface area contributed by atoms with Gasteiger partial charge < -0.3 is 9.73 Å². The fourth-order valence-corrected chi connectivity index (χ4v) is 4.06. The van der Waals surface area contributed by atoms with Crippen molar-refractivity contribution in [1.82, 2.24) is 9.88 Å². The van der Waals surface area contributed by atoms with E-state index in [1.165, 1.54) is 18.4 Å². The van der Waals surface area contributed by atoms with E-state index in [2.05, 4.69) is 5.32 Å². The number of benzene rings is 3. The van der Waals surface area contributed by atoms with Crippen LogP contribution in [0.25, 0.3) is 11.1 Å². The Bertz CT molecular complexity index is 1420. The molecule has 0 unspecified atom stereocenters. The quantitative estimate of drug-likeness (QED) is 0.348. The van der Waals surface area contributed by atoms with Gasteiger partial charge in [-0.25, -0.2) is 4.39 Å². The zero-order valence-electron chi connectivity index (χ0n) is 19.2. The van der Waals surface area contributed by atoms with Gasteiger partial charge in [0.2, 0.25) is 0 Å². The lowest BCUT2D eigenvalue weighted by Gasteiger charge is -2.17. The first-order chi connectivity index (χ1) is 16.2. The van der Waals surface area contributed by atoms with Gasteiger partial charge in [-0.1, -0.05) is 29.8 Å². The molecular weight excluding hydrogens is 453 g/mol. The Balaban J connectivity index is 1.70. The first kappa shape index (κ1) is 23.5. The topological polar surface area (TPSA) is 71.0 Å². The van der Waals surface area contributed by atoms with Crippen LogP contribution in [0.1, 0.15) is 45.6 Å². The summed E-state index contributed by atoms with van der Waals surface area (Å²) in [5, 5.41) is 11.6. The number of amides is 1. The fourth-order valence-electron chi connectivity index (χ4n) is 3.95. The molecule has 5 nitrogen and oxygen atoms in total. The molecule has 4 aromatic rings. The van der Waals surface area contributed by atoms with E-state index in [0.717, 1.165) is 33.4 Å². The zero-order valence-corrected chi connectivity index (χ0v) is 19.9. The van der Waals surface area contributed by atoms with E-state index in [9.17, 15) is 9.18 Å². The molecule has 3 aromatic carbocycles. The first-order valence-electron chi connectivity index (χ1n) is 10.9. The van der Waals surface area contributed by atoms with Crippen molar-refractivity contribution in [2.75, 3.05) is 0 Å². The molecule has 34 heavy (non-hydrogen) atoms. The summed E-state index contributed by atoms with van der Waals surface area (Å²) >= 11 is 6.14. The Hall–Kier alpha value is -3.64. The molecular formula is C27H25ClFN3O2. The van der Waals surface area contributed by atoms with Gasteiger partial charge in [0.15, 0.2) is 0 Å². The number of carbonyl (C=O) groups is 1. The Morgan fingerprint density at radius 1 is 1.12 bits per heavy atom. The van der Waals surface area contributed by atoms with Gasteiger partial charge in [-0.2, -0.15) is 0 Å². The Morgan fingerprint density at radius 2 is 1.91 bits per heavy atom. The molecule has 0 aliphatic carbocycles. The summed E-state index contributed by atoms with van der Waals surface area (Å²) in [6.07, 6.45) is 3.11. The summed E-state index contributed by atoms with van der Waals surface area (Å²) < 4.78 is 20.4. The Morgan fingerprint density at radius 3 is 2.59 bits per heavy atom. The van der Waals surface area contributed by atoms with Crippen LogP contribution in [0.2, 0.25) is 5.02 Å². The molecule has 0 aliphatic heterocycles. The average molecular weight is 478 g/mol. The normalized spacial score (nSPS) is 11.9. The van der Waals surface area contributed by atoms with E-state index in [1.54, 1.807) is 29.0 Å². The molecule has 0 aliphatic rings. The summed E-state index contributed by atoms with van der Waals surface area (Å²) in [6.45, 7) is 6.04. The molecule has 1 atom stereocenters. The molecule has 4 rings (SSSR count). The summed E-state index contributed by atoms with van der Waals surface area (Å²) in [7, 11) is 0. The largest absolute Gasteiger partial charge is 0.432 e. The second-order valence-corrected chi connectivity index (χ2v) is 8.82. The van der Waals surface area contributed by atoms with Crippen LogP contribution in [-0.4, -0.2) is 10.5 Å². The highest BCUT2D eigenvalue weighted by Gasteiger charge is 2.16. The van der Waals surface area contributed by atoms with Crippen molar-refractivity contribution in [1.29, 1.82) is 5.41 Å². The van der Waals surface area contributed by atoms with Gasteiger partial charge in [-0.15, -0.1) is 0 Å². The molecule has 0 radical (unpaired) electrons. The lowest BCUT2D eigenvalue weighted by atomic mass is 9.96. The summed E-state index contributed by atoms with van der Waals surface area (Å²) in [4.78, 5) is 13.3. The van der Waals surface area contributed by atoms with Crippen LogP contribution in [0.3, 0.4) is 0 Å². The fraction of sp³-hybridized carbons (Fsp3) is 0.185. The van der Waals surface area contributed by atoms with Crippen LogP contribution < -0.4 is 11.0 Å². The van der Waals surface area contributed by atoms with Crippen LogP contribution >= 0.6 is 11.6 Å². The predicted octanol–water partition coefficient (Wildman–Crippen LogP) is 6.18. The number of nitrogens with zero attached hydrogens (tertiary/aromatic N) is 1. The van der Waals surface area contributed by atoms with Crippen molar-refractivity contribution < 1.29 is 13.6 Å². The Kier molecular flexibility index (Phi) is 6.70. The van der Waals surface area contributed by atoms with Crippen molar-refractivity contribution >= 4 is 17.5 Å². The van der Waals surface area contributed by atoms with Crippen molar-refractivity contribution in [3.8, 4) is 11.1 Å². The standard InChI is InChI=1S/C27H25ClFN3O2/c1-16-11-23(29)5-6-24(16)21-12-19(15-32-8-9-34-27(32)30)13-22(14-21)26(33)31-18(3)20-4-7-25(28)17(2)10-20/h4-14,18,30H,15H2,1-3H3,(H,31,33)/t18-/m0/s1. The maximum atomic E-state index is 13.7. The molecule has 174 valence electrons. The minimum atomic E-state index is -0.310. The van der Waals surface area contributed by atoms with Crippen molar-refractivity contribution in [3.63, 3.8) is 0 Å². The summed E-state index contributed by atoms with van der Waals surface area (Å²) in [5.74, 6) is -0.540. The number of oxazole rings is 1. The molecule has 1 heterocycles. The third-order valence-electron chi connectivity index (χ3n) is 5.82. The molecule has 1 aromatic heterocycles. The highest BCUT2D eigenvalue weighted by Crippen LogP contribution is 2.27. The average Bonchev–Trinajstić information content (AvgIpc) is 3.19. The van der Waals surface area contributed by atoms with E-state index >= 15 is 0 Å². The molecule has 0 fully saturated rings. The molecule has 0 bridgehead atoms. The number of halogens is 2. The van der Waals surface area contributed by atoms with Gasteiger partial charge in [0, 0.05) is 16.8 Å². The lowest BCUT2D eigenvalue weighted by Crippen LogP contribution is -2.27. The number of aryl methyl sites for hydroxylation is 2. The molecule has 0 spiro atoms. The van der Waals surface area contributed by atoms with Gasteiger partial charge in [0.05, 0.1) is 12.6 Å². The van der Waals surface area contributed by atoms with Crippen LogP contribution in [0.5, 0.6) is 0 Å². The second kappa shape index (κ2) is 9.69. The van der Waals surface area contributed by atoms with Crippen molar-refractivity contribution in [3.05, 3.63) is 111 Å². The monoisotopic (exact) mass is 477 g/mol. The number of nitrogens with one attached hydrogen (secondary N) is 2. The molecule has 0 saturated carbocycles. The number of rotatable bonds is 6. The van der Waals surface area contributed by atoms with E-state index in [4.69, 9.17) is 21.4 Å². The SMILES string of the molecule is Cc1cc([C@H](C)NC(=O)c2cc(Cn3ccoc3=N)cc(-c3ccc(F)cc3C)c2)ccc1Cl. The van der Waals surface area contributed by atoms with Gasteiger partial charge >= 0.3 is 0 Å². The van der Waals surface area contributed by atoms with Crippen molar-refractivity contribution in [2.45, 2.75) is 33.4 Å². The number of hydrogen-bond donors (Lipinski definition) is 2. The van der Waals surface area contributed by atoms with Gasteiger partial charge in [-0.05, 0) is 90.6 Å². The highest BCUT2D eigenvalue weighted by atomic mass is 35.5. The second-order valence-electron chi connectivity index (χ2n) is 8.42. The van der Waals surface area contributed by atoms with Crippen LogP contribution in [0.15, 0.2) is 71.5 Å². The van der Waals surface area contributed by atoms with Gasteiger partial charge in [0.1, 0.15) is 12.1 Å². The van der Waals surface area contributed by atoms with E-state index in [-0.39, 0.29) is 23.5 Å². The maximum Gasteiger partial charge on any atom is 0.293 e. The smallest absolute Gasteiger partial charge is 0.293 e. The van der Waals surface area contributed by atoms with E-state index in [1.807, 2.05) is 45.0 Å². The molecule has 0 saturated heterocycles. The van der Waals surface area contributed by atoms with Gasteiger partial charge in [-0.3, -0.25) is 14.8 Å². The minimum absolute atomic E-state index is 0.0149. The summed E-state index contributed by atoms with van der Waals surface area (Å²) in [6, 6.07) is 15.6. The maximum absolute atomic E-state index is 13.7. The zero-order chi connectivity index (χ0) is 24.4. The third kappa shape index (κ3) is 5.13. The third-order valence-corrected chi connectivity index (χ3v) is 6.24. The minimum Gasteiger partial charge on any atom is -0.432 e. The number of carbonyl (C=O) groups excluding carboxylic acids is 1. The van der Waals surface area contributed by atoms with Crippen LogP contribution in [0.4, 0.5) is 4.39 Å². The summed E-state index contributed by atoms with van der Waals surface area (Å²) in [5.41, 5.74) is 5.61. The number of hydrogen-bond acceptors (Lipinski definition) is 3. The highest BCUT2D eigenvalue weighted by molar-refractivity contribution is 6.31. The molecule has 2 N–H and O–H groups in total.